The van der Waals surface area contributed by atoms with Crippen LogP contribution in [0.2, 0.25) is 5.02 Å². The Labute approximate surface area is 190 Å². The van der Waals surface area contributed by atoms with Crippen LogP contribution in [0.5, 0.6) is 5.75 Å². The van der Waals surface area contributed by atoms with Crippen molar-refractivity contribution in [2.45, 2.75) is 0 Å². The Morgan fingerprint density at radius 2 is 1.81 bits per heavy atom. The first-order chi connectivity index (χ1) is 15.5. The molecule has 32 heavy (non-hydrogen) atoms. The Balaban J connectivity index is 1.56. The van der Waals surface area contributed by atoms with Crippen LogP contribution in [0.3, 0.4) is 0 Å². The molecule has 2 heterocycles. The summed E-state index contributed by atoms with van der Waals surface area (Å²) in [5, 5.41) is 10.1. The van der Waals surface area contributed by atoms with Crippen LogP contribution < -0.4 is 10.1 Å². The zero-order valence-corrected chi connectivity index (χ0v) is 18.6. The maximum atomic E-state index is 13.0. The van der Waals surface area contributed by atoms with Gasteiger partial charge in [0.15, 0.2) is 0 Å². The highest BCUT2D eigenvalue weighted by Crippen LogP contribution is 2.33. The van der Waals surface area contributed by atoms with Crippen molar-refractivity contribution in [3.05, 3.63) is 77.3 Å². The topological polar surface area (TPSA) is 61.1 Å². The lowest BCUT2D eigenvalue weighted by atomic mass is 10.1. The maximum Gasteiger partial charge on any atom is 0.255 e. The van der Waals surface area contributed by atoms with Crippen LogP contribution in [0.4, 0.5) is 5.69 Å². The van der Waals surface area contributed by atoms with Crippen molar-refractivity contribution in [3.63, 3.8) is 0 Å². The van der Waals surface area contributed by atoms with Gasteiger partial charge in [0, 0.05) is 42.0 Å². The molecule has 0 saturated heterocycles. The standard InChI is InChI=1S/C25H21ClN4O2/c1-29-21-7-5-4-6-15(21)13-23(29)24-18-12-16(8-11-22(18)30(2)28-24)25(31)27-20-10-9-17(32-3)14-19(20)26/h4-14H,1-3H3,(H,27,31). The maximum absolute atomic E-state index is 13.0. The molecule has 0 aliphatic carbocycles. The van der Waals surface area contributed by atoms with Gasteiger partial charge in [0.05, 0.1) is 29.0 Å². The number of carbonyl (C=O) groups excluding carboxylic acids is 1. The van der Waals surface area contributed by atoms with Crippen molar-refractivity contribution >= 4 is 45.0 Å². The van der Waals surface area contributed by atoms with Crippen molar-refractivity contribution in [2.75, 3.05) is 12.4 Å². The summed E-state index contributed by atoms with van der Waals surface area (Å²) in [6.45, 7) is 0. The van der Waals surface area contributed by atoms with Gasteiger partial charge in [-0.3, -0.25) is 9.48 Å². The molecular weight excluding hydrogens is 424 g/mol. The Hall–Kier alpha value is -3.77. The molecule has 0 fully saturated rings. The number of ether oxygens (including phenoxy) is 1. The van der Waals surface area contributed by atoms with Crippen molar-refractivity contribution in [3.8, 4) is 17.1 Å². The number of rotatable bonds is 4. The van der Waals surface area contributed by atoms with E-state index in [1.807, 2.05) is 43.0 Å². The van der Waals surface area contributed by atoms with Gasteiger partial charge in [-0.05, 0) is 42.5 Å². The smallest absolute Gasteiger partial charge is 0.255 e. The van der Waals surface area contributed by atoms with Crippen LogP contribution in [-0.2, 0) is 14.1 Å². The molecule has 5 aromatic rings. The Bertz CT molecular complexity index is 1500. The number of benzene rings is 3. The highest BCUT2D eigenvalue weighted by atomic mass is 35.5. The molecule has 7 heteroatoms. The van der Waals surface area contributed by atoms with E-state index in [4.69, 9.17) is 21.4 Å². The Morgan fingerprint density at radius 1 is 1.00 bits per heavy atom. The molecule has 5 rings (SSSR count). The fraction of sp³-hybridized carbons (Fsp3) is 0.120. The molecule has 0 unspecified atom stereocenters. The van der Waals surface area contributed by atoms with Crippen LogP contribution in [0, 0.1) is 0 Å². The van der Waals surface area contributed by atoms with Crippen LogP contribution >= 0.6 is 11.6 Å². The van der Waals surface area contributed by atoms with Gasteiger partial charge in [-0.2, -0.15) is 5.10 Å². The zero-order valence-electron chi connectivity index (χ0n) is 17.9. The van der Waals surface area contributed by atoms with Crippen LogP contribution in [0.1, 0.15) is 10.4 Å². The number of aromatic nitrogens is 3. The molecule has 0 radical (unpaired) electrons. The van der Waals surface area contributed by atoms with Gasteiger partial charge >= 0.3 is 0 Å². The van der Waals surface area contributed by atoms with Gasteiger partial charge in [0.1, 0.15) is 11.4 Å². The number of hydrogen-bond acceptors (Lipinski definition) is 3. The molecule has 6 nitrogen and oxygen atoms in total. The predicted molar refractivity (Wildman–Crippen MR) is 129 cm³/mol. The normalized spacial score (nSPS) is 11.2. The zero-order chi connectivity index (χ0) is 22.4. The molecule has 0 bridgehead atoms. The summed E-state index contributed by atoms with van der Waals surface area (Å²) >= 11 is 6.29. The number of para-hydroxylation sites is 1. The van der Waals surface area contributed by atoms with Crippen molar-refractivity contribution < 1.29 is 9.53 Å². The number of nitrogens with zero attached hydrogens (tertiary/aromatic N) is 3. The third-order valence-corrected chi connectivity index (χ3v) is 6.04. The summed E-state index contributed by atoms with van der Waals surface area (Å²) in [6, 6.07) is 21.1. The number of fused-ring (bicyclic) bond motifs is 2. The molecule has 1 amide bonds. The summed E-state index contributed by atoms with van der Waals surface area (Å²) in [7, 11) is 5.51. The first-order valence-electron chi connectivity index (χ1n) is 10.1. The third kappa shape index (κ3) is 3.29. The van der Waals surface area contributed by atoms with E-state index in [0.29, 0.717) is 22.0 Å². The van der Waals surface area contributed by atoms with Gasteiger partial charge in [0.25, 0.3) is 5.91 Å². The number of anilines is 1. The molecule has 0 aliphatic rings. The minimum absolute atomic E-state index is 0.245. The SMILES string of the molecule is COc1ccc(NC(=O)c2ccc3c(c2)c(-c2cc4ccccc4n2C)nn3C)c(Cl)c1. The lowest BCUT2D eigenvalue weighted by Gasteiger charge is -2.09. The number of nitrogens with one attached hydrogen (secondary N) is 1. The summed E-state index contributed by atoms with van der Waals surface area (Å²) in [5.74, 6) is 0.384. The number of halogens is 1. The minimum atomic E-state index is -0.245. The largest absolute Gasteiger partial charge is 0.497 e. The second kappa shape index (κ2) is 7.73. The molecule has 0 saturated carbocycles. The molecular formula is C25H21ClN4O2. The highest BCUT2D eigenvalue weighted by Gasteiger charge is 2.18. The fourth-order valence-electron chi connectivity index (χ4n) is 4.03. The summed E-state index contributed by atoms with van der Waals surface area (Å²) in [5.41, 5.74) is 4.95. The molecule has 3 aromatic carbocycles. The Kier molecular flexibility index (Phi) is 4.87. The number of carbonyl (C=O) groups is 1. The number of aryl methyl sites for hydroxylation is 2. The van der Waals surface area contributed by atoms with Crippen LogP contribution in [0.15, 0.2) is 66.7 Å². The highest BCUT2D eigenvalue weighted by molar-refractivity contribution is 6.34. The van der Waals surface area contributed by atoms with E-state index in [0.717, 1.165) is 33.2 Å². The summed E-state index contributed by atoms with van der Waals surface area (Å²) in [4.78, 5) is 13.0. The molecule has 0 aliphatic heterocycles. The van der Waals surface area contributed by atoms with E-state index < -0.39 is 0 Å². The number of methoxy groups -OCH3 is 1. The van der Waals surface area contributed by atoms with Gasteiger partial charge in [-0.25, -0.2) is 0 Å². The average Bonchev–Trinajstić information content (AvgIpc) is 3.31. The van der Waals surface area contributed by atoms with E-state index in [1.165, 1.54) is 0 Å². The van der Waals surface area contributed by atoms with Gasteiger partial charge in [0.2, 0.25) is 0 Å². The molecule has 2 aromatic heterocycles. The predicted octanol–water partition coefficient (Wildman–Crippen LogP) is 5.65. The average molecular weight is 445 g/mol. The monoisotopic (exact) mass is 444 g/mol. The third-order valence-electron chi connectivity index (χ3n) is 5.73. The molecule has 0 atom stereocenters. The Morgan fingerprint density at radius 3 is 2.56 bits per heavy atom. The van der Waals surface area contributed by atoms with E-state index in [2.05, 4.69) is 28.1 Å². The summed E-state index contributed by atoms with van der Waals surface area (Å²) < 4.78 is 9.13. The number of amides is 1. The quantitative estimate of drug-likeness (QED) is 0.390. The van der Waals surface area contributed by atoms with E-state index in [-0.39, 0.29) is 5.91 Å². The lowest BCUT2D eigenvalue weighted by Crippen LogP contribution is -2.12. The molecule has 160 valence electrons. The van der Waals surface area contributed by atoms with E-state index in [9.17, 15) is 4.79 Å². The second-order valence-corrected chi connectivity index (χ2v) is 8.06. The van der Waals surface area contributed by atoms with Crippen molar-refractivity contribution in [1.82, 2.24) is 14.3 Å². The van der Waals surface area contributed by atoms with Crippen LogP contribution in [0.25, 0.3) is 33.2 Å². The minimum Gasteiger partial charge on any atom is -0.497 e. The molecule has 0 spiro atoms. The first kappa shape index (κ1) is 20.2. The van der Waals surface area contributed by atoms with Gasteiger partial charge in [-0.1, -0.05) is 29.8 Å². The van der Waals surface area contributed by atoms with Gasteiger partial charge < -0.3 is 14.6 Å². The lowest BCUT2D eigenvalue weighted by molar-refractivity contribution is 0.102. The number of hydrogen-bond donors (Lipinski definition) is 1. The van der Waals surface area contributed by atoms with Crippen molar-refractivity contribution in [2.24, 2.45) is 14.1 Å². The van der Waals surface area contributed by atoms with E-state index >= 15 is 0 Å². The van der Waals surface area contributed by atoms with Crippen LogP contribution in [-0.4, -0.2) is 27.4 Å². The first-order valence-corrected chi connectivity index (χ1v) is 10.5. The molecule has 1 N–H and O–H groups in total. The summed E-state index contributed by atoms with van der Waals surface area (Å²) in [6.07, 6.45) is 0. The van der Waals surface area contributed by atoms with Crippen molar-refractivity contribution in [1.29, 1.82) is 0 Å². The second-order valence-electron chi connectivity index (χ2n) is 7.65. The van der Waals surface area contributed by atoms with E-state index in [1.54, 1.807) is 31.4 Å². The fourth-order valence-corrected chi connectivity index (χ4v) is 4.25. The van der Waals surface area contributed by atoms with Gasteiger partial charge in [-0.15, -0.1) is 0 Å².